The molecule has 2 aromatic rings. The third-order valence-electron chi connectivity index (χ3n) is 4.26. The van der Waals surface area contributed by atoms with Crippen LogP contribution >= 0.6 is 0 Å². The van der Waals surface area contributed by atoms with Gasteiger partial charge in [-0.15, -0.1) is 0 Å². The number of rotatable bonds is 4. The molecule has 1 fully saturated rings. The molecule has 0 radical (unpaired) electrons. The van der Waals surface area contributed by atoms with E-state index in [0.717, 1.165) is 32.5 Å². The molecule has 0 bridgehead atoms. The fourth-order valence-electron chi connectivity index (χ4n) is 2.99. The van der Waals surface area contributed by atoms with E-state index >= 15 is 0 Å². The van der Waals surface area contributed by atoms with Crippen molar-refractivity contribution in [3.05, 3.63) is 54.6 Å². The number of benzene rings is 1. The maximum absolute atomic E-state index is 12.2. The Balaban J connectivity index is 1.48. The van der Waals surface area contributed by atoms with Gasteiger partial charge in [-0.3, -0.25) is 4.79 Å². The van der Waals surface area contributed by atoms with Gasteiger partial charge in [0, 0.05) is 38.4 Å². The number of likely N-dealkylation sites (tertiary alicyclic amines) is 1. The number of aryl methyl sites for hydroxylation is 1. The third kappa shape index (κ3) is 3.51. The van der Waals surface area contributed by atoms with Crippen molar-refractivity contribution in [3.8, 4) is 0 Å². The first kappa shape index (κ1) is 13.9. The smallest absolute Gasteiger partial charge is 0.224 e. The Morgan fingerprint density at radius 1 is 1.19 bits per heavy atom. The molecule has 2 heterocycles. The maximum atomic E-state index is 12.2. The Morgan fingerprint density at radius 3 is 2.62 bits per heavy atom. The highest BCUT2D eigenvalue weighted by atomic mass is 16.2. The number of amides is 1. The molecular weight excluding hydrogens is 262 g/mol. The lowest BCUT2D eigenvalue weighted by Gasteiger charge is -2.32. The van der Waals surface area contributed by atoms with Crippen LogP contribution in [0.2, 0.25) is 0 Å². The van der Waals surface area contributed by atoms with E-state index < -0.39 is 0 Å². The quantitative estimate of drug-likeness (QED) is 0.865. The molecule has 1 aliphatic heterocycles. The Labute approximate surface area is 125 Å². The summed E-state index contributed by atoms with van der Waals surface area (Å²) < 4.78 is 1.95. The van der Waals surface area contributed by atoms with Crippen LogP contribution in [0.5, 0.6) is 0 Å². The Kier molecular flexibility index (Phi) is 4.34. The van der Waals surface area contributed by atoms with Crippen molar-refractivity contribution in [2.75, 3.05) is 13.1 Å². The second-order valence-corrected chi connectivity index (χ2v) is 5.62. The van der Waals surface area contributed by atoms with E-state index in [4.69, 9.17) is 0 Å². The van der Waals surface area contributed by atoms with Crippen LogP contribution in [0.4, 0.5) is 0 Å². The van der Waals surface area contributed by atoms with Crippen LogP contribution in [0.3, 0.4) is 0 Å². The first-order valence-electron chi connectivity index (χ1n) is 7.61. The fraction of sp³-hybridized carbons (Fsp3) is 0.412. The SMILES string of the molecule is O=C(CCn1ccnc1)N1CCC(c2ccccc2)CC1. The van der Waals surface area contributed by atoms with E-state index in [9.17, 15) is 4.79 Å². The maximum Gasteiger partial charge on any atom is 0.224 e. The zero-order chi connectivity index (χ0) is 14.5. The summed E-state index contributed by atoms with van der Waals surface area (Å²) in [6, 6.07) is 10.6. The monoisotopic (exact) mass is 283 g/mol. The molecule has 4 heteroatoms. The molecule has 1 amide bonds. The number of piperidine rings is 1. The summed E-state index contributed by atoms with van der Waals surface area (Å²) >= 11 is 0. The molecule has 0 spiro atoms. The average Bonchev–Trinajstić information content (AvgIpc) is 3.07. The van der Waals surface area contributed by atoms with Gasteiger partial charge < -0.3 is 9.47 Å². The topological polar surface area (TPSA) is 38.1 Å². The Morgan fingerprint density at radius 2 is 1.95 bits per heavy atom. The molecule has 1 saturated heterocycles. The zero-order valence-corrected chi connectivity index (χ0v) is 12.2. The van der Waals surface area contributed by atoms with Crippen LogP contribution < -0.4 is 0 Å². The van der Waals surface area contributed by atoms with Crippen molar-refractivity contribution in [2.24, 2.45) is 0 Å². The minimum atomic E-state index is 0.259. The van der Waals surface area contributed by atoms with Crippen LogP contribution in [0.15, 0.2) is 49.1 Å². The van der Waals surface area contributed by atoms with Crippen LogP contribution in [0.25, 0.3) is 0 Å². The normalized spacial score (nSPS) is 16.1. The lowest BCUT2D eigenvalue weighted by Crippen LogP contribution is -2.38. The molecule has 3 rings (SSSR count). The Bertz CT molecular complexity index is 557. The second-order valence-electron chi connectivity index (χ2n) is 5.62. The van der Waals surface area contributed by atoms with Gasteiger partial charge in [-0.25, -0.2) is 4.98 Å². The molecule has 21 heavy (non-hydrogen) atoms. The third-order valence-corrected chi connectivity index (χ3v) is 4.26. The summed E-state index contributed by atoms with van der Waals surface area (Å²) in [5.74, 6) is 0.860. The van der Waals surface area contributed by atoms with Crippen molar-refractivity contribution in [2.45, 2.75) is 31.7 Å². The molecule has 0 unspecified atom stereocenters. The van der Waals surface area contributed by atoms with Crippen LogP contribution in [0.1, 0.15) is 30.7 Å². The molecule has 0 aliphatic carbocycles. The van der Waals surface area contributed by atoms with Gasteiger partial charge in [-0.2, -0.15) is 0 Å². The number of nitrogens with zero attached hydrogens (tertiary/aromatic N) is 3. The van der Waals surface area contributed by atoms with E-state index in [2.05, 4.69) is 35.3 Å². The summed E-state index contributed by atoms with van der Waals surface area (Å²) in [5.41, 5.74) is 1.41. The molecule has 110 valence electrons. The van der Waals surface area contributed by atoms with Crippen molar-refractivity contribution in [1.82, 2.24) is 14.5 Å². The van der Waals surface area contributed by atoms with Gasteiger partial charge in [0.15, 0.2) is 0 Å². The molecule has 1 aromatic carbocycles. The summed E-state index contributed by atoms with van der Waals surface area (Å²) in [7, 11) is 0. The summed E-state index contributed by atoms with van der Waals surface area (Å²) in [6.45, 7) is 2.47. The van der Waals surface area contributed by atoms with E-state index in [1.807, 2.05) is 15.7 Å². The number of hydrogen-bond donors (Lipinski definition) is 0. The molecule has 0 saturated carbocycles. The molecule has 4 nitrogen and oxygen atoms in total. The van der Waals surface area contributed by atoms with Gasteiger partial charge in [0.1, 0.15) is 0 Å². The highest BCUT2D eigenvalue weighted by Crippen LogP contribution is 2.27. The first-order valence-corrected chi connectivity index (χ1v) is 7.61. The van der Waals surface area contributed by atoms with Gasteiger partial charge in [0.25, 0.3) is 0 Å². The minimum Gasteiger partial charge on any atom is -0.343 e. The predicted molar refractivity (Wildman–Crippen MR) is 81.8 cm³/mol. The first-order chi connectivity index (χ1) is 10.3. The largest absolute Gasteiger partial charge is 0.343 e. The van der Waals surface area contributed by atoms with E-state index in [0.29, 0.717) is 12.3 Å². The molecule has 0 N–H and O–H groups in total. The van der Waals surface area contributed by atoms with Gasteiger partial charge in [0.2, 0.25) is 5.91 Å². The van der Waals surface area contributed by atoms with Crippen molar-refractivity contribution in [3.63, 3.8) is 0 Å². The van der Waals surface area contributed by atoms with E-state index in [-0.39, 0.29) is 5.91 Å². The summed E-state index contributed by atoms with van der Waals surface area (Å²) in [6.07, 6.45) is 8.10. The standard InChI is InChI=1S/C17H21N3O/c21-17(8-10-19-13-9-18-14-19)20-11-6-16(7-12-20)15-4-2-1-3-5-15/h1-5,9,13-14,16H,6-8,10-12H2. The molecule has 0 atom stereocenters. The van der Waals surface area contributed by atoms with Gasteiger partial charge in [-0.05, 0) is 24.3 Å². The highest BCUT2D eigenvalue weighted by Gasteiger charge is 2.23. The summed E-state index contributed by atoms with van der Waals surface area (Å²) in [5, 5.41) is 0. The zero-order valence-electron chi connectivity index (χ0n) is 12.2. The molecular formula is C17H21N3O. The van der Waals surface area contributed by atoms with Crippen LogP contribution in [-0.4, -0.2) is 33.4 Å². The number of aromatic nitrogens is 2. The molecule has 1 aliphatic rings. The van der Waals surface area contributed by atoms with Crippen molar-refractivity contribution in [1.29, 1.82) is 0 Å². The average molecular weight is 283 g/mol. The lowest BCUT2D eigenvalue weighted by atomic mass is 9.89. The van der Waals surface area contributed by atoms with Gasteiger partial charge in [0.05, 0.1) is 6.33 Å². The van der Waals surface area contributed by atoms with E-state index in [1.54, 1.807) is 12.5 Å². The van der Waals surface area contributed by atoms with Gasteiger partial charge >= 0.3 is 0 Å². The summed E-state index contributed by atoms with van der Waals surface area (Å²) in [4.78, 5) is 18.2. The molecule has 1 aromatic heterocycles. The van der Waals surface area contributed by atoms with Crippen molar-refractivity contribution >= 4 is 5.91 Å². The van der Waals surface area contributed by atoms with Crippen LogP contribution in [0, 0.1) is 0 Å². The minimum absolute atomic E-state index is 0.259. The van der Waals surface area contributed by atoms with Crippen molar-refractivity contribution < 1.29 is 4.79 Å². The number of hydrogen-bond acceptors (Lipinski definition) is 2. The number of carbonyl (C=O) groups is 1. The lowest BCUT2D eigenvalue weighted by molar-refractivity contribution is -0.132. The fourth-order valence-corrected chi connectivity index (χ4v) is 2.99. The van der Waals surface area contributed by atoms with E-state index in [1.165, 1.54) is 5.56 Å². The predicted octanol–water partition coefficient (Wildman–Crippen LogP) is 2.68. The number of carbonyl (C=O) groups excluding carboxylic acids is 1. The second kappa shape index (κ2) is 6.57. The van der Waals surface area contributed by atoms with Crippen LogP contribution in [-0.2, 0) is 11.3 Å². The van der Waals surface area contributed by atoms with Gasteiger partial charge in [-0.1, -0.05) is 30.3 Å². The number of imidazole rings is 1. The Hall–Kier alpha value is -2.10. The highest BCUT2D eigenvalue weighted by molar-refractivity contribution is 5.76.